The Morgan fingerprint density at radius 1 is 1.30 bits per heavy atom. The van der Waals surface area contributed by atoms with Gasteiger partial charge in [0.25, 0.3) is 0 Å². The third kappa shape index (κ3) is 3.12. The number of amides is 2. The minimum absolute atomic E-state index is 0.184. The first-order valence-corrected chi connectivity index (χ1v) is 6.34. The highest BCUT2D eigenvalue weighted by atomic mass is 32.1. The largest absolute Gasteiger partial charge is 0.389 e. The maximum Gasteiger partial charge on any atom is 0.324 e. The van der Waals surface area contributed by atoms with Gasteiger partial charge in [-0.25, -0.2) is 4.79 Å². The minimum Gasteiger partial charge on any atom is -0.389 e. The van der Waals surface area contributed by atoms with Crippen molar-refractivity contribution >= 4 is 34.7 Å². The van der Waals surface area contributed by atoms with Gasteiger partial charge in [-0.3, -0.25) is 10.00 Å². The summed E-state index contributed by atoms with van der Waals surface area (Å²) in [5.41, 5.74) is 7.93. The first-order valence-electron chi connectivity index (χ1n) is 5.94. The number of anilines is 2. The van der Waals surface area contributed by atoms with Crippen molar-refractivity contribution in [2.45, 2.75) is 6.92 Å². The molecule has 0 saturated heterocycles. The normalized spacial score (nSPS) is 10.1. The van der Waals surface area contributed by atoms with Gasteiger partial charge in [-0.15, -0.1) is 0 Å². The summed E-state index contributed by atoms with van der Waals surface area (Å²) in [6.45, 7) is 1.98. The summed E-state index contributed by atoms with van der Waals surface area (Å²) in [6, 6.07) is 7.11. The summed E-state index contributed by atoms with van der Waals surface area (Å²) < 4.78 is 1.50. The number of rotatable bonds is 3. The highest BCUT2D eigenvalue weighted by Crippen LogP contribution is 2.15. The third-order valence-corrected chi connectivity index (χ3v) is 2.97. The number of hydrogen-bond donors (Lipinski definition) is 3. The number of nitrogens with one attached hydrogen (secondary N) is 2. The lowest BCUT2D eigenvalue weighted by Crippen LogP contribution is -2.23. The highest BCUT2D eigenvalue weighted by Gasteiger charge is 2.13. The Morgan fingerprint density at radius 2 is 1.95 bits per heavy atom. The molecule has 0 atom stereocenters. The number of nitrogens with two attached hydrogens (primary N) is 1. The fourth-order valence-electron chi connectivity index (χ4n) is 1.67. The molecule has 0 fully saturated rings. The molecule has 0 aliphatic carbocycles. The summed E-state index contributed by atoms with van der Waals surface area (Å²) in [5.74, 6) is 0.460. The topological polar surface area (TPSA) is 85.0 Å². The van der Waals surface area contributed by atoms with Crippen LogP contribution in [0.25, 0.3) is 0 Å². The Bertz CT molecular complexity index is 647. The lowest BCUT2D eigenvalue weighted by molar-refractivity contribution is 0.262. The summed E-state index contributed by atoms with van der Waals surface area (Å²) in [7, 11) is 1.70. The van der Waals surface area contributed by atoms with Crippen LogP contribution in [0.4, 0.5) is 16.3 Å². The average molecular weight is 289 g/mol. The molecule has 0 radical (unpaired) electrons. The second-order valence-corrected chi connectivity index (χ2v) is 4.78. The number of urea groups is 1. The van der Waals surface area contributed by atoms with Crippen molar-refractivity contribution in [1.82, 2.24) is 9.78 Å². The molecule has 0 spiro atoms. The Morgan fingerprint density at radius 3 is 2.55 bits per heavy atom. The van der Waals surface area contributed by atoms with Gasteiger partial charge in [0.05, 0.1) is 11.8 Å². The van der Waals surface area contributed by atoms with E-state index >= 15 is 0 Å². The maximum atomic E-state index is 11.9. The Kier molecular flexibility index (Phi) is 3.99. The van der Waals surface area contributed by atoms with Crippen LogP contribution in [-0.4, -0.2) is 20.8 Å². The number of hydrogen-bond acceptors (Lipinski definition) is 3. The van der Waals surface area contributed by atoms with Crippen LogP contribution in [0.5, 0.6) is 0 Å². The van der Waals surface area contributed by atoms with Gasteiger partial charge in [0.15, 0.2) is 0 Å². The van der Waals surface area contributed by atoms with E-state index in [1.807, 2.05) is 31.2 Å². The van der Waals surface area contributed by atoms with E-state index in [0.717, 1.165) is 5.56 Å². The van der Waals surface area contributed by atoms with Gasteiger partial charge in [0.2, 0.25) is 0 Å². The van der Waals surface area contributed by atoms with Gasteiger partial charge >= 0.3 is 6.03 Å². The SMILES string of the molecule is Cc1ccc(NC(=O)Nc2c(C(N)=S)cnn2C)cc1. The molecule has 0 aliphatic rings. The van der Waals surface area contributed by atoms with E-state index in [2.05, 4.69) is 15.7 Å². The standard InChI is InChI=1S/C13H15N5OS/c1-8-3-5-9(6-4-8)16-13(19)17-12-10(11(14)20)7-15-18(12)2/h3-7H,1-2H3,(H2,14,20)(H2,16,17,19). The van der Waals surface area contributed by atoms with Crippen LogP contribution in [0.1, 0.15) is 11.1 Å². The molecule has 4 N–H and O–H groups in total. The smallest absolute Gasteiger partial charge is 0.324 e. The predicted molar refractivity (Wildman–Crippen MR) is 82.9 cm³/mol. The number of aromatic nitrogens is 2. The van der Waals surface area contributed by atoms with E-state index in [1.165, 1.54) is 10.9 Å². The summed E-state index contributed by atoms with van der Waals surface area (Å²) in [5, 5.41) is 9.43. The van der Waals surface area contributed by atoms with Crippen molar-refractivity contribution in [1.29, 1.82) is 0 Å². The summed E-state index contributed by atoms with van der Waals surface area (Å²) in [6.07, 6.45) is 1.52. The van der Waals surface area contributed by atoms with Gasteiger partial charge in [-0.05, 0) is 19.1 Å². The van der Waals surface area contributed by atoms with Gasteiger partial charge in [-0.1, -0.05) is 29.9 Å². The zero-order chi connectivity index (χ0) is 14.7. The fraction of sp³-hybridized carbons (Fsp3) is 0.154. The molecule has 2 aromatic rings. The molecule has 104 valence electrons. The molecule has 20 heavy (non-hydrogen) atoms. The zero-order valence-corrected chi connectivity index (χ0v) is 12.0. The molecule has 1 aromatic carbocycles. The van der Waals surface area contributed by atoms with Crippen LogP contribution in [-0.2, 0) is 7.05 Å². The Labute approximate surface area is 122 Å². The summed E-state index contributed by atoms with van der Waals surface area (Å²) in [4.78, 5) is 12.1. The molecule has 1 heterocycles. The van der Waals surface area contributed by atoms with Gasteiger partial charge in [0.1, 0.15) is 10.8 Å². The number of nitrogens with zero attached hydrogens (tertiary/aromatic N) is 2. The molecule has 6 nitrogen and oxygen atoms in total. The van der Waals surface area contributed by atoms with Gasteiger partial charge in [0, 0.05) is 12.7 Å². The third-order valence-electron chi connectivity index (χ3n) is 2.75. The number of benzene rings is 1. The second-order valence-electron chi connectivity index (χ2n) is 4.34. The van der Waals surface area contributed by atoms with Gasteiger partial charge in [-0.2, -0.15) is 5.10 Å². The Hall–Kier alpha value is -2.41. The average Bonchev–Trinajstić information content (AvgIpc) is 2.74. The van der Waals surface area contributed by atoms with Crippen molar-refractivity contribution in [3.63, 3.8) is 0 Å². The van der Waals surface area contributed by atoms with Crippen molar-refractivity contribution in [3.05, 3.63) is 41.6 Å². The lowest BCUT2D eigenvalue weighted by Gasteiger charge is -2.09. The number of thiocarbonyl (C=S) groups is 1. The van der Waals surface area contributed by atoms with E-state index in [1.54, 1.807) is 7.05 Å². The van der Waals surface area contributed by atoms with E-state index in [4.69, 9.17) is 18.0 Å². The zero-order valence-electron chi connectivity index (χ0n) is 11.2. The number of carbonyl (C=O) groups is 1. The number of carbonyl (C=O) groups excluding carboxylic acids is 1. The van der Waals surface area contributed by atoms with Crippen molar-refractivity contribution in [2.24, 2.45) is 12.8 Å². The lowest BCUT2D eigenvalue weighted by atomic mass is 10.2. The monoisotopic (exact) mass is 289 g/mol. The maximum absolute atomic E-state index is 11.9. The molecule has 0 saturated carbocycles. The van der Waals surface area contributed by atoms with Crippen LogP contribution < -0.4 is 16.4 Å². The van der Waals surface area contributed by atoms with Crippen LogP contribution in [0.2, 0.25) is 0 Å². The summed E-state index contributed by atoms with van der Waals surface area (Å²) >= 11 is 4.91. The molecule has 2 amide bonds. The second kappa shape index (κ2) is 5.70. The molecule has 1 aromatic heterocycles. The van der Waals surface area contributed by atoms with E-state index < -0.39 is 0 Å². The predicted octanol–water partition coefficient (Wildman–Crippen LogP) is 2.01. The van der Waals surface area contributed by atoms with Crippen LogP contribution in [0, 0.1) is 6.92 Å². The van der Waals surface area contributed by atoms with E-state index in [-0.39, 0.29) is 11.0 Å². The first-order chi connectivity index (χ1) is 9.47. The molecule has 0 aliphatic heterocycles. The quantitative estimate of drug-likeness (QED) is 0.755. The molecule has 0 unspecified atom stereocenters. The van der Waals surface area contributed by atoms with Crippen molar-refractivity contribution in [2.75, 3.05) is 10.6 Å². The number of aryl methyl sites for hydroxylation is 2. The van der Waals surface area contributed by atoms with E-state index in [0.29, 0.717) is 17.1 Å². The molecular weight excluding hydrogens is 274 g/mol. The first kappa shape index (κ1) is 14.0. The van der Waals surface area contributed by atoms with Crippen molar-refractivity contribution in [3.8, 4) is 0 Å². The van der Waals surface area contributed by atoms with Crippen LogP contribution >= 0.6 is 12.2 Å². The molecule has 2 rings (SSSR count). The minimum atomic E-state index is -0.380. The highest BCUT2D eigenvalue weighted by molar-refractivity contribution is 7.80. The molecule has 0 bridgehead atoms. The van der Waals surface area contributed by atoms with Gasteiger partial charge < -0.3 is 11.1 Å². The molecular formula is C13H15N5OS. The molecule has 7 heteroatoms. The van der Waals surface area contributed by atoms with Crippen molar-refractivity contribution < 1.29 is 4.79 Å². The Balaban J connectivity index is 2.10. The fourth-order valence-corrected chi connectivity index (χ4v) is 1.82. The van der Waals surface area contributed by atoms with E-state index in [9.17, 15) is 4.79 Å². The van der Waals surface area contributed by atoms with Crippen LogP contribution in [0.15, 0.2) is 30.5 Å². The van der Waals surface area contributed by atoms with Crippen LogP contribution in [0.3, 0.4) is 0 Å².